The van der Waals surface area contributed by atoms with Crippen molar-refractivity contribution in [1.82, 2.24) is 0 Å². The van der Waals surface area contributed by atoms with Gasteiger partial charge in [-0.2, -0.15) is 10.2 Å². The summed E-state index contributed by atoms with van der Waals surface area (Å²) in [6, 6.07) is 22.2. The van der Waals surface area contributed by atoms with Crippen LogP contribution in [-0.4, -0.2) is 32.3 Å². The van der Waals surface area contributed by atoms with Gasteiger partial charge in [-0.05, 0) is 85.6 Å². The van der Waals surface area contributed by atoms with Gasteiger partial charge in [0.2, 0.25) is 0 Å². The van der Waals surface area contributed by atoms with Gasteiger partial charge in [0.25, 0.3) is 0 Å². The molecule has 0 radical (unpaired) electrons. The molecule has 236 valence electrons. The molecule has 0 atom stereocenters. The Morgan fingerprint density at radius 2 is 0.911 bits per heavy atom. The minimum atomic E-state index is -0.441. The third-order valence-corrected chi connectivity index (χ3v) is 7.30. The van der Waals surface area contributed by atoms with Gasteiger partial charge in [-0.3, -0.25) is 31.7 Å². The normalized spacial score (nSPS) is 11.7. The predicted molar refractivity (Wildman–Crippen MR) is 172 cm³/mol. The first kappa shape index (κ1) is 33.0. The minimum absolute atomic E-state index is 0.113. The van der Waals surface area contributed by atoms with E-state index in [2.05, 4.69) is 21.1 Å². The SMILES string of the molecule is C/C(=N/Nc1ccc(N([O-])O)cc1N([O-])O)c1ccc(Sc2ccc(/C(C)=N/Nc3ccc(N([O-])O)cc3N([O-])O)cc2)cc1. The van der Waals surface area contributed by atoms with Gasteiger partial charge >= 0.3 is 0 Å². The molecule has 0 saturated heterocycles. The molecule has 0 fully saturated rings. The second-order valence-corrected chi connectivity index (χ2v) is 10.4. The van der Waals surface area contributed by atoms with Crippen molar-refractivity contribution in [3.8, 4) is 0 Å². The van der Waals surface area contributed by atoms with Gasteiger partial charge in [0, 0.05) is 9.79 Å². The summed E-state index contributed by atoms with van der Waals surface area (Å²) in [5, 5.41) is 88.5. The fraction of sp³-hybridized carbons (Fsp3) is 0.0714. The lowest BCUT2D eigenvalue weighted by molar-refractivity contribution is 0.292. The topological polar surface area (TPSA) is 235 Å². The Hall–Kier alpha value is -4.95. The van der Waals surface area contributed by atoms with Crippen molar-refractivity contribution in [2.45, 2.75) is 23.6 Å². The molecule has 0 bridgehead atoms. The molecular weight excluding hydrogens is 608 g/mol. The highest BCUT2D eigenvalue weighted by atomic mass is 32.2. The van der Waals surface area contributed by atoms with E-state index in [0.29, 0.717) is 11.4 Å². The Morgan fingerprint density at radius 1 is 0.556 bits per heavy atom. The molecule has 17 heteroatoms. The Balaban J connectivity index is 1.38. The summed E-state index contributed by atoms with van der Waals surface area (Å²) < 4.78 is 0. The van der Waals surface area contributed by atoms with Crippen molar-refractivity contribution >= 4 is 57.3 Å². The van der Waals surface area contributed by atoms with E-state index >= 15 is 0 Å². The molecule has 4 rings (SSSR count). The zero-order valence-electron chi connectivity index (χ0n) is 23.6. The van der Waals surface area contributed by atoms with Crippen LogP contribution >= 0.6 is 11.8 Å². The molecule has 0 aliphatic carbocycles. The van der Waals surface area contributed by atoms with Crippen LogP contribution in [0.5, 0.6) is 0 Å². The monoisotopic (exact) mass is 634 g/mol. The first-order chi connectivity index (χ1) is 21.4. The standard InChI is InChI=1S/C28H26N8O8S/c1-17(29-31-25-13-7-21(33(37)38)15-27(25)35(41)42)19-3-9-23(10-4-19)45-24-11-5-20(6-12-24)18(2)30-32-26-14-8-22(34(39)40)16-28(26)36(43)44/h3-16,31-32,37,39,41,43H,1-2H3/q-4/b29-17-,30-18+. The van der Waals surface area contributed by atoms with Gasteiger partial charge in [-0.1, -0.05) is 36.0 Å². The summed E-state index contributed by atoms with van der Waals surface area (Å²) in [4.78, 5) is 1.90. The lowest BCUT2D eigenvalue weighted by Crippen LogP contribution is -2.13. The van der Waals surface area contributed by atoms with Crippen LogP contribution in [0.15, 0.2) is 105 Å². The maximum Gasteiger partial charge on any atom is 0.0810 e. The first-order valence-electron chi connectivity index (χ1n) is 12.8. The average Bonchev–Trinajstić information content (AvgIpc) is 3.02. The molecule has 16 nitrogen and oxygen atoms in total. The Labute approximate surface area is 260 Å². The second-order valence-electron chi connectivity index (χ2n) is 9.26. The van der Waals surface area contributed by atoms with Gasteiger partial charge in [0.1, 0.15) is 0 Å². The highest BCUT2D eigenvalue weighted by Crippen LogP contribution is 2.32. The van der Waals surface area contributed by atoms with E-state index < -0.39 is 20.9 Å². The largest absolute Gasteiger partial charge is 0.733 e. The number of anilines is 6. The fourth-order valence-corrected chi connectivity index (χ4v) is 4.68. The third-order valence-electron chi connectivity index (χ3n) is 6.28. The molecule has 0 aliphatic heterocycles. The lowest BCUT2D eigenvalue weighted by Gasteiger charge is -2.28. The number of hydrazone groups is 2. The van der Waals surface area contributed by atoms with Crippen LogP contribution in [0, 0.1) is 20.8 Å². The highest BCUT2D eigenvalue weighted by Gasteiger charge is 2.08. The summed E-state index contributed by atoms with van der Waals surface area (Å²) in [5.41, 5.74) is 7.17. The maximum absolute atomic E-state index is 11.5. The van der Waals surface area contributed by atoms with E-state index in [1.807, 2.05) is 48.5 Å². The van der Waals surface area contributed by atoms with Gasteiger partial charge in [0.05, 0.1) is 45.5 Å². The van der Waals surface area contributed by atoms with Crippen LogP contribution < -0.4 is 31.8 Å². The van der Waals surface area contributed by atoms with Crippen LogP contribution in [0.4, 0.5) is 34.1 Å². The van der Waals surface area contributed by atoms with Gasteiger partial charge < -0.3 is 41.7 Å². The molecule has 0 saturated carbocycles. The van der Waals surface area contributed by atoms with Gasteiger partial charge in [0.15, 0.2) is 0 Å². The number of benzene rings is 4. The van der Waals surface area contributed by atoms with Crippen molar-refractivity contribution in [1.29, 1.82) is 0 Å². The van der Waals surface area contributed by atoms with Crippen LogP contribution in [0.2, 0.25) is 0 Å². The van der Waals surface area contributed by atoms with Crippen molar-refractivity contribution in [2.24, 2.45) is 10.2 Å². The van der Waals surface area contributed by atoms with Crippen molar-refractivity contribution in [3.63, 3.8) is 0 Å². The molecular formula is C28H26N8O8S-4. The third kappa shape index (κ3) is 8.58. The Bertz CT molecular complexity index is 1540. The van der Waals surface area contributed by atoms with E-state index in [9.17, 15) is 31.2 Å². The fourth-order valence-electron chi connectivity index (χ4n) is 3.87. The first-order valence-corrected chi connectivity index (χ1v) is 13.7. The molecule has 45 heavy (non-hydrogen) atoms. The van der Waals surface area contributed by atoms with Crippen LogP contribution in [-0.2, 0) is 0 Å². The quantitative estimate of drug-likeness (QED) is 0.0742. The summed E-state index contributed by atoms with van der Waals surface area (Å²) in [7, 11) is 0. The minimum Gasteiger partial charge on any atom is -0.733 e. The number of hydrogen-bond donors (Lipinski definition) is 6. The predicted octanol–water partition coefficient (Wildman–Crippen LogP) is 6.28. The van der Waals surface area contributed by atoms with Crippen molar-refractivity contribution in [2.75, 3.05) is 31.8 Å². The van der Waals surface area contributed by atoms with E-state index in [4.69, 9.17) is 10.4 Å². The van der Waals surface area contributed by atoms with Crippen LogP contribution in [0.25, 0.3) is 0 Å². The molecule has 0 amide bonds. The summed E-state index contributed by atoms with van der Waals surface area (Å²) in [6.07, 6.45) is 0. The zero-order chi connectivity index (χ0) is 32.7. The maximum atomic E-state index is 11.5. The number of hydrogen-bond acceptors (Lipinski definition) is 17. The molecule has 0 heterocycles. The molecule has 0 unspecified atom stereocenters. The van der Waals surface area contributed by atoms with Gasteiger partial charge in [-0.15, -0.1) is 0 Å². The van der Waals surface area contributed by atoms with Crippen LogP contribution in [0.1, 0.15) is 25.0 Å². The van der Waals surface area contributed by atoms with Crippen molar-refractivity contribution in [3.05, 3.63) is 117 Å². The summed E-state index contributed by atoms with van der Waals surface area (Å²) >= 11 is 1.52. The highest BCUT2D eigenvalue weighted by molar-refractivity contribution is 7.99. The average molecular weight is 635 g/mol. The molecule has 4 aromatic rings. The zero-order valence-corrected chi connectivity index (χ0v) is 24.4. The molecule has 6 N–H and O–H groups in total. The van der Waals surface area contributed by atoms with E-state index in [0.717, 1.165) is 33.1 Å². The van der Waals surface area contributed by atoms with Crippen LogP contribution in [0.3, 0.4) is 0 Å². The number of nitrogens with zero attached hydrogens (tertiary/aromatic N) is 6. The Morgan fingerprint density at radius 3 is 1.22 bits per heavy atom. The molecule has 0 aromatic heterocycles. The lowest BCUT2D eigenvalue weighted by atomic mass is 10.1. The Kier molecular flexibility index (Phi) is 10.8. The number of rotatable bonds is 12. The van der Waals surface area contributed by atoms with E-state index in [-0.39, 0.29) is 34.1 Å². The van der Waals surface area contributed by atoms with Gasteiger partial charge in [-0.25, -0.2) is 0 Å². The summed E-state index contributed by atoms with van der Waals surface area (Å²) in [6.45, 7) is 3.49. The smallest absolute Gasteiger partial charge is 0.0810 e. The summed E-state index contributed by atoms with van der Waals surface area (Å²) in [5.74, 6) is 0. The van der Waals surface area contributed by atoms with Crippen molar-refractivity contribution < 1.29 is 20.8 Å². The van der Waals surface area contributed by atoms with E-state index in [1.165, 1.54) is 36.0 Å². The van der Waals surface area contributed by atoms with E-state index in [1.54, 1.807) is 13.8 Å². The molecule has 4 aromatic carbocycles. The number of nitrogens with one attached hydrogen (secondary N) is 2. The molecule has 0 aliphatic rings. The second kappa shape index (κ2) is 14.7. The molecule has 0 spiro atoms.